The average Bonchev–Trinajstić information content (AvgIpc) is 2.30. The summed E-state index contributed by atoms with van der Waals surface area (Å²) < 4.78 is 0. The third-order valence-electron chi connectivity index (χ3n) is 3.00. The predicted octanol–water partition coefficient (Wildman–Crippen LogP) is 2.76. The van der Waals surface area contributed by atoms with Gasteiger partial charge in [0.1, 0.15) is 0 Å². The molecule has 0 unspecified atom stereocenters. The quantitative estimate of drug-likeness (QED) is 0.705. The fraction of sp³-hybridized carbons (Fsp3) is 0.917. The van der Waals surface area contributed by atoms with Crippen molar-refractivity contribution in [2.24, 2.45) is 0 Å². The summed E-state index contributed by atoms with van der Waals surface area (Å²) in [5.74, 6) is 1.19. The van der Waals surface area contributed by atoms with Crippen LogP contribution in [-0.2, 0) is 0 Å². The van der Waals surface area contributed by atoms with Crippen molar-refractivity contribution in [3.8, 4) is 0 Å². The molecule has 1 fully saturated rings. The van der Waals surface area contributed by atoms with Gasteiger partial charge in [-0.3, -0.25) is 0 Å². The Morgan fingerprint density at radius 3 is 2.69 bits per heavy atom. The molecule has 1 aliphatic carbocycles. The first kappa shape index (κ1) is 13.7. The largest absolute Gasteiger partial charge is 0.338 e. The summed E-state index contributed by atoms with van der Waals surface area (Å²) in [4.78, 5) is 11.5. The second kappa shape index (κ2) is 8.74. The average molecular weight is 244 g/mol. The lowest BCUT2D eigenvalue weighted by Gasteiger charge is -2.22. The molecule has 0 aliphatic heterocycles. The molecule has 0 heterocycles. The second-order valence-electron chi connectivity index (χ2n) is 4.44. The molecule has 1 aliphatic rings. The van der Waals surface area contributed by atoms with Crippen molar-refractivity contribution in [2.75, 3.05) is 18.6 Å². The summed E-state index contributed by atoms with van der Waals surface area (Å²) >= 11 is 1.86. The summed E-state index contributed by atoms with van der Waals surface area (Å²) in [7, 11) is 0. The molecule has 3 nitrogen and oxygen atoms in total. The number of carbonyl (C=O) groups is 1. The summed E-state index contributed by atoms with van der Waals surface area (Å²) in [6, 6.07) is 0.441. The maximum Gasteiger partial charge on any atom is 0.315 e. The van der Waals surface area contributed by atoms with Crippen LogP contribution in [0.15, 0.2) is 0 Å². The van der Waals surface area contributed by atoms with Crippen molar-refractivity contribution in [3.63, 3.8) is 0 Å². The van der Waals surface area contributed by atoms with Crippen molar-refractivity contribution in [3.05, 3.63) is 0 Å². The van der Waals surface area contributed by atoms with Crippen LogP contribution in [0, 0.1) is 0 Å². The summed E-state index contributed by atoms with van der Waals surface area (Å²) in [6.07, 6.45) is 10.5. The van der Waals surface area contributed by atoms with Gasteiger partial charge >= 0.3 is 6.03 Å². The molecule has 0 bridgehead atoms. The third kappa shape index (κ3) is 6.26. The predicted molar refractivity (Wildman–Crippen MR) is 71.0 cm³/mol. The van der Waals surface area contributed by atoms with Crippen molar-refractivity contribution in [1.29, 1.82) is 0 Å². The Balaban J connectivity index is 1.97. The summed E-state index contributed by atoms with van der Waals surface area (Å²) in [6.45, 7) is 0.805. The van der Waals surface area contributed by atoms with E-state index in [-0.39, 0.29) is 6.03 Å². The number of thioether (sulfide) groups is 1. The summed E-state index contributed by atoms with van der Waals surface area (Å²) in [5.41, 5.74) is 0. The van der Waals surface area contributed by atoms with Crippen LogP contribution >= 0.6 is 11.8 Å². The normalized spacial score (nSPS) is 17.1. The molecule has 16 heavy (non-hydrogen) atoms. The van der Waals surface area contributed by atoms with E-state index in [1.165, 1.54) is 31.4 Å². The molecule has 0 saturated heterocycles. The molecule has 2 N–H and O–H groups in total. The molecule has 1 rings (SSSR count). The van der Waals surface area contributed by atoms with Gasteiger partial charge < -0.3 is 10.6 Å². The number of rotatable bonds is 6. The fourth-order valence-electron chi connectivity index (χ4n) is 2.06. The number of hydrogen-bond donors (Lipinski definition) is 2. The molecule has 1 saturated carbocycles. The standard InChI is InChI=1S/C12H24N2OS/c1-16-10-6-5-9-13-12(15)14-11-7-3-2-4-8-11/h11H,2-10H2,1H3,(H2,13,14,15). The number of unbranched alkanes of at least 4 members (excludes halogenated alkanes) is 1. The number of nitrogens with one attached hydrogen (secondary N) is 2. The molecule has 4 heteroatoms. The Morgan fingerprint density at radius 2 is 2.00 bits per heavy atom. The Bertz CT molecular complexity index is 193. The van der Waals surface area contributed by atoms with Crippen LogP contribution in [0.3, 0.4) is 0 Å². The van der Waals surface area contributed by atoms with E-state index in [0.717, 1.165) is 25.8 Å². The van der Waals surface area contributed by atoms with Crippen LogP contribution in [0.25, 0.3) is 0 Å². The van der Waals surface area contributed by atoms with E-state index in [9.17, 15) is 4.79 Å². The molecule has 0 aromatic carbocycles. The zero-order chi connectivity index (χ0) is 11.6. The van der Waals surface area contributed by atoms with E-state index in [4.69, 9.17) is 0 Å². The Kier molecular flexibility index (Phi) is 7.47. The zero-order valence-electron chi connectivity index (χ0n) is 10.3. The lowest BCUT2D eigenvalue weighted by molar-refractivity contribution is 0.232. The Labute approximate surface area is 103 Å². The molecule has 2 amide bonds. The fourth-order valence-corrected chi connectivity index (χ4v) is 2.55. The van der Waals surface area contributed by atoms with Crippen LogP contribution in [0.5, 0.6) is 0 Å². The minimum absolute atomic E-state index is 0.0241. The number of amides is 2. The van der Waals surface area contributed by atoms with E-state index in [1.807, 2.05) is 11.8 Å². The van der Waals surface area contributed by atoms with Gasteiger partial charge in [-0.1, -0.05) is 19.3 Å². The highest BCUT2D eigenvalue weighted by molar-refractivity contribution is 7.98. The maximum absolute atomic E-state index is 11.5. The van der Waals surface area contributed by atoms with Crippen molar-refractivity contribution >= 4 is 17.8 Å². The molecule has 0 aromatic rings. The van der Waals surface area contributed by atoms with Gasteiger partial charge in [-0.15, -0.1) is 0 Å². The first-order valence-corrected chi connectivity index (χ1v) is 7.75. The topological polar surface area (TPSA) is 41.1 Å². The highest BCUT2D eigenvalue weighted by atomic mass is 32.2. The number of urea groups is 1. The van der Waals surface area contributed by atoms with Gasteiger partial charge in [-0.2, -0.15) is 11.8 Å². The second-order valence-corrected chi connectivity index (χ2v) is 5.42. The van der Waals surface area contributed by atoms with Crippen LogP contribution in [0.1, 0.15) is 44.9 Å². The molecule has 0 aromatic heterocycles. The van der Waals surface area contributed by atoms with Crippen LogP contribution in [0.2, 0.25) is 0 Å². The SMILES string of the molecule is CSCCCCNC(=O)NC1CCCCC1. The van der Waals surface area contributed by atoms with Crippen molar-refractivity contribution in [1.82, 2.24) is 10.6 Å². The minimum Gasteiger partial charge on any atom is -0.338 e. The number of hydrogen-bond acceptors (Lipinski definition) is 2. The van der Waals surface area contributed by atoms with E-state index < -0.39 is 0 Å². The molecule has 0 atom stereocenters. The lowest BCUT2D eigenvalue weighted by atomic mass is 9.96. The highest BCUT2D eigenvalue weighted by Crippen LogP contribution is 2.17. The van der Waals surface area contributed by atoms with E-state index >= 15 is 0 Å². The Hall–Kier alpha value is -0.380. The van der Waals surface area contributed by atoms with Gasteiger partial charge in [0.2, 0.25) is 0 Å². The van der Waals surface area contributed by atoms with Gasteiger partial charge in [0.25, 0.3) is 0 Å². The van der Waals surface area contributed by atoms with Gasteiger partial charge in [0.15, 0.2) is 0 Å². The van der Waals surface area contributed by atoms with Crippen molar-refractivity contribution in [2.45, 2.75) is 51.0 Å². The Morgan fingerprint density at radius 1 is 1.25 bits per heavy atom. The highest BCUT2D eigenvalue weighted by Gasteiger charge is 2.14. The van der Waals surface area contributed by atoms with Gasteiger partial charge in [0, 0.05) is 12.6 Å². The van der Waals surface area contributed by atoms with E-state index in [1.54, 1.807) is 0 Å². The first-order chi connectivity index (χ1) is 7.83. The summed E-state index contributed by atoms with van der Waals surface area (Å²) in [5, 5.41) is 5.98. The van der Waals surface area contributed by atoms with Crippen LogP contribution in [0.4, 0.5) is 4.79 Å². The molecular weight excluding hydrogens is 220 g/mol. The zero-order valence-corrected chi connectivity index (χ0v) is 11.1. The third-order valence-corrected chi connectivity index (χ3v) is 3.70. The molecule has 0 spiro atoms. The van der Waals surface area contributed by atoms with E-state index in [2.05, 4.69) is 16.9 Å². The first-order valence-electron chi connectivity index (χ1n) is 6.36. The van der Waals surface area contributed by atoms with Crippen LogP contribution < -0.4 is 10.6 Å². The number of carbonyl (C=O) groups excluding carboxylic acids is 1. The molecular formula is C12H24N2OS. The maximum atomic E-state index is 11.5. The van der Waals surface area contributed by atoms with Gasteiger partial charge in [0.05, 0.1) is 0 Å². The lowest BCUT2D eigenvalue weighted by Crippen LogP contribution is -2.43. The van der Waals surface area contributed by atoms with E-state index in [0.29, 0.717) is 6.04 Å². The molecule has 0 radical (unpaired) electrons. The smallest absolute Gasteiger partial charge is 0.315 e. The monoisotopic (exact) mass is 244 g/mol. The van der Waals surface area contributed by atoms with Gasteiger partial charge in [-0.05, 0) is 37.7 Å². The minimum atomic E-state index is 0.0241. The van der Waals surface area contributed by atoms with Gasteiger partial charge in [-0.25, -0.2) is 4.79 Å². The molecule has 94 valence electrons. The van der Waals surface area contributed by atoms with Crippen LogP contribution in [-0.4, -0.2) is 30.6 Å². The van der Waals surface area contributed by atoms with Crippen molar-refractivity contribution < 1.29 is 4.79 Å².